The molecular weight excluding hydrogens is 408 g/mol. The molecule has 1 aliphatic rings. The van der Waals surface area contributed by atoms with Gasteiger partial charge in [0.25, 0.3) is 0 Å². The molecule has 0 unspecified atom stereocenters. The van der Waals surface area contributed by atoms with Gasteiger partial charge in [0.1, 0.15) is 5.69 Å². The van der Waals surface area contributed by atoms with Gasteiger partial charge in [-0.25, -0.2) is 8.78 Å². The lowest BCUT2D eigenvalue weighted by molar-refractivity contribution is 0.587. The third-order valence-electron chi connectivity index (χ3n) is 5.24. The van der Waals surface area contributed by atoms with Crippen LogP contribution in [0.25, 0.3) is 17.2 Å². The van der Waals surface area contributed by atoms with Crippen LogP contribution in [0.1, 0.15) is 42.0 Å². The van der Waals surface area contributed by atoms with E-state index in [0.717, 1.165) is 41.7 Å². The first-order valence-electron chi connectivity index (χ1n) is 10.1. The van der Waals surface area contributed by atoms with Crippen molar-refractivity contribution in [2.45, 2.75) is 26.2 Å². The number of fused-ring (bicyclic) bond motifs is 1. The number of rotatable bonds is 4. The number of hydrogen-bond acceptors (Lipinski definition) is 2. The second-order valence-corrected chi connectivity index (χ2v) is 7.64. The van der Waals surface area contributed by atoms with E-state index in [-0.39, 0.29) is 5.56 Å². The Morgan fingerprint density at radius 3 is 2.26 bits per heavy atom. The third kappa shape index (κ3) is 4.70. The molecule has 0 aliphatic heterocycles. The number of aliphatic imine (C=N–C) groups is 1. The van der Waals surface area contributed by atoms with Crippen LogP contribution in [0.3, 0.4) is 0 Å². The number of isothiocyanates is 1. The van der Waals surface area contributed by atoms with Crippen LogP contribution in [0, 0.1) is 23.5 Å². The molecule has 3 aromatic carbocycles. The SMILES string of the molecule is CCCC1=Cc2cc(-c3ccc(C#Cc4cc(F)c(N=C=S)c(F)c4)cc3)ccc2C1. The summed E-state index contributed by atoms with van der Waals surface area (Å²) in [5, 5.41) is 1.97. The first kappa shape index (κ1) is 20.9. The molecule has 31 heavy (non-hydrogen) atoms. The van der Waals surface area contributed by atoms with Gasteiger partial charge in [-0.3, -0.25) is 0 Å². The number of thiocarbonyl (C=S) groups is 1. The topological polar surface area (TPSA) is 12.4 Å². The van der Waals surface area contributed by atoms with Crippen molar-refractivity contribution in [2.75, 3.05) is 0 Å². The highest BCUT2D eigenvalue weighted by molar-refractivity contribution is 7.78. The molecule has 0 atom stereocenters. The minimum Gasteiger partial charge on any atom is -0.204 e. The Kier molecular flexibility index (Phi) is 6.18. The summed E-state index contributed by atoms with van der Waals surface area (Å²) in [4.78, 5) is 3.40. The smallest absolute Gasteiger partial charge is 0.153 e. The van der Waals surface area contributed by atoms with E-state index in [0.29, 0.717) is 0 Å². The number of nitrogens with zero attached hydrogens (tertiary/aromatic N) is 1. The average molecular weight is 428 g/mol. The summed E-state index contributed by atoms with van der Waals surface area (Å²) in [6, 6.07) is 16.7. The Morgan fingerprint density at radius 1 is 0.903 bits per heavy atom. The Balaban J connectivity index is 1.54. The van der Waals surface area contributed by atoms with E-state index in [2.05, 4.69) is 60.3 Å². The summed E-state index contributed by atoms with van der Waals surface area (Å²) in [6.07, 6.45) is 5.68. The highest BCUT2D eigenvalue weighted by atomic mass is 32.1. The molecule has 0 aromatic heterocycles. The fourth-order valence-corrected chi connectivity index (χ4v) is 3.84. The molecule has 3 aromatic rings. The van der Waals surface area contributed by atoms with Gasteiger partial charge in [0.2, 0.25) is 0 Å². The Bertz CT molecular complexity index is 1260. The van der Waals surface area contributed by atoms with Crippen molar-refractivity contribution in [3.05, 3.63) is 94.1 Å². The monoisotopic (exact) mass is 427 g/mol. The van der Waals surface area contributed by atoms with Crippen LogP contribution in [-0.2, 0) is 6.42 Å². The summed E-state index contributed by atoms with van der Waals surface area (Å²) in [7, 11) is 0. The van der Waals surface area contributed by atoms with E-state index in [1.54, 1.807) is 0 Å². The standard InChI is InChI=1S/C27H19F2NS/c1-2-3-19-12-22-10-11-23(16-24(22)13-19)21-8-6-18(7-9-21)4-5-20-14-25(28)27(30-17-31)26(29)15-20/h6-11,13-16H,2-3,12H2,1H3. The number of benzene rings is 3. The Morgan fingerprint density at radius 2 is 1.58 bits per heavy atom. The van der Waals surface area contributed by atoms with Crippen molar-refractivity contribution in [1.29, 1.82) is 0 Å². The molecule has 152 valence electrons. The second kappa shape index (κ2) is 9.18. The molecule has 0 saturated carbocycles. The van der Waals surface area contributed by atoms with Gasteiger partial charge in [0.15, 0.2) is 11.6 Å². The van der Waals surface area contributed by atoms with Crippen LogP contribution < -0.4 is 0 Å². The molecule has 0 bridgehead atoms. The first-order chi connectivity index (χ1) is 15.1. The largest absolute Gasteiger partial charge is 0.204 e. The molecule has 0 saturated heterocycles. The fraction of sp³-hybridized carbons (Fsp3) is 0.148. The zero-order valence-corrected chi connectivity index (χ0v) is 17.8. The molecule has 0 amide bonds. The van der Waals surface area contributed by atoms with E-state index in [9.17, 15) is 8.78 Å². The quantitative estimate of drug-likeness (QED) is 0.238. The van der Waals surface area contributed by atoms with Gasteiger partial charge in [-0.2, -0.15) is 4.99 Å². The lowest BCUT2D eigenvalue weighted by atomic mass is 9.99. The third-order valence-corrected chi connectivity index (χ3v) is 5.33. The minimum atomic E-state index is -0.815. The summed E-state index contributed by atoms with van der Waals surface area (Å²) in [5.41, 5.74) is 6.99. The van der Waals surface area contributed by atoms with Crippen LogP contribution in [0.15, 0.2) is 65.2 Å². The maximum absolute atomic E-state index is 13.9. The van der Waals surface area contributed by atoms with Crippen LogP contribution in [-0.4, -0.2) is 5.16 Å². The zero-order chi connectivity index (χ0) is 21.8. The summed E-state index contributed by atoms with van der Waals surface area (Å²) in [5.74, 6) is 4.11. The van der Waals surface area contributed by atoms with Crippen molar-refractivity contribution in [2.24, 2.45) is 4.99 Å². The van der Waals surface area contributed by atoms with Crippen LogP contribution >= 0.6 is 12.2 Å². The second-order valence-electron chi connectivity index (χ2n) is 7.46. The van der Waals surface area contributed by atoms with Crippen molar-refractivity contribution in [3.8, 4) is 23.0 Å². The van der Waals surface area contributed by atoms with Crippen LogP contribution in [0.4, 0.5) is 14.5 Å². The van der Waals surface area contributed by atoms with E-state index >= 15 is 0 Å². The van der Waals surface area contributed by atoms with Crippen LogP contribution in [0.5, 0.6) is 0 Å². The van der Waals surface area contributed by atoms with Crippen molar-refractivity contribution in [3.63, 3.8) is 0 Å². The summed E-state index contributed by atoms with van der Waals surface area (Å²) in [6.45, 7) is 2.21. The molecule has 4 heteroatoms. The van der Waals surface area contributed by atoms with Gasteiger partial charge in [-0.1, -0.05) is 61.1 Å². The Labute approximate surface area is 186 Å². The summed E-state index contributed by atoms with van der Waals surface area (Å²) >= 11 is 4.41. The predicted octanol–water partition coefficient (Wildman–Crippen LogP) is 7.51. The van der Waals surface area contributed by atoms with Gasteiger partial charge in [-0.05, 0) is 77.6 Å². The van der Waals surface area contributed by atoms with E-state index in [1.807, 2.05) is 29.4 Å². The number of halogens is 2. The number of allylic oxidation sites excluding steroid dienone is 1. The fourth-order valence-electron chi connectivity index (χ4n) is 3.75. The van der Waals surface area contributed by atoms with E-state index < -0.39 is 17.3 Å². The number of hydrogen-bond donors (Lipinski definition) is 0. The molecule has 0 radical (unpaired) electrons. The van der Waals surface area contributed by atoms with Gasteiger partial charge in [0, 0.05) is 11.1 Å². The van der Waals surface area contributed by atoms with Crippen molar-refractivity contribution < 1.29 is 8.78 Å². The van der Waals surface area contributed by atoms with Crippen molar-refractivity contribution in [1.82, 2.24) is 0 Å². The molecule has 1 nitrogen and oxygen atoms in total. The van der Waals surface area contributed by atoms with Crippen molar-refractivity contribution >= 4 is 29.1 Å². The molecule has 0 spiro atoms. The molecule has 0 heterocycles. The maximum Gasteiger partial charge on any atom is 0.153 e. The van der Waals surface area contributed by atoms with E-state index in [4.69, 9.17) is 0 Å². The lowest BCUT2D eigenvalue weighted by Crippen LogP contribution is -1.87. The Hall–Kier alpha value is -3.38. The van der Waals surface area contributed by atoms with E-state index in [1.165, 1.54) is 23.1 Å². The molecule has 0 fully saturated rings. The molecule has 4 rings (SSSR count). The highest BCUT2D eigenvalue weighted by Crippen LogP contribution is 2.31. The van der Waals surface area contributed by atoms with Gasteiger partial charge < -0.3 is 0 Å². The maximum atomic E-state index is 13.9. The molecular formula is C27H19F2NS. The normalized spacial score (nSPS) is 11.8. The highest BCUT2D eigenvalue weighted by Gasteiger charge is 2.13. The summed E-state index contributed by atoms with van der Waals surface area (Å²) < 4.78 is 27.9. The first-order valence-corrected chi connectivity index (χ1v) is 10.5. The van der Waals surface area contributed by atoms with Crippen LogP contribution in [0.2, 0.25) is 0 Å². The predicted molar refractivity (Wildman–Crippen MR) is 125 cm³/mol. The zero-order valence-electron chi connectivity index (χ0n) is 17.0. The minimum absolute atomic E-state index is 0.232. The van der Waals surface area contributed by atoms with Gasteiger partial charge in [-0.15, -0.1) is 0 Å². The molecule has 1 aliphatic carbocycles. The van der Waals surface area contributed by atoms with Gasteiger partial charge >= 0.3 is 0 Å². The van der Waals surface area contributed by atoms with Gasteiger partial charge in [0.05, 0.1) is 5.16 Å². The lowest BCUT2D eigenvalue weighted by Gasteiger charge is -2.05. The molecule has 0 N–H and O–H groups in total. The average Bonchev–Trinajstić information content (AvgIpc) is 3.17.